The van der Waals surface area contributed by atoms with Crippen LogP contribution < -0.4 is 16.0 Å². The van der Waals surface area contributed by atoms with Crippen LogP contribution in [0.4, 0.5) is 4.79 Å². The molecule has 3 amide bonds. The van der Waals surface area contributed by atoms with Gasteiger partial charge in [-0.1, -0.05) is 19.3 Å². The minimum atomic E-state index is -0.0168. The third kappa shape index (κ3) is 5.76. The zero-order chi connectivity index (χ0) is 18.6. The highest BCUT2D eigenvalue weighted by Crippen LogP contribution is 2.33. The lowest BCUT2D eigenvalue weighted by atomic mass is 9.89. The van der Waals surface area contributed by atoms with Crippen molar-refractivity contribution in [2.75, 3.05) is 13.1 Å². The number of carbonyl (C=O) groups excluding carboxylic acids is 2. The molecule has 3 N–H and O–H groups in total. The molecule has 3 aliphatic heterocycles. The third-order valence-electron chi connectivity index (χ3n) is 7.16. The number of hydrogen-bond donors (Lipinski definition) is 3. The number of halogens is 1. The van der Waals surface area contributed by atoms with Crippen LogP contribution in [-0.2, 0) is 4.79 Å². The summed E-state index contributed by atoms with van der Waals surface area (Å²) in [6.07, 6.45) is 13.3. The van der Waals surface area contributed by atoms with E-state index in [2.05, 4.69) is 16.0 Å². The van der Waals surface area contributed by atoms with Crippen molar-refractivity contribution in [1.29, 1.82) is 0 Å². The van der Waals surface area contributed by atoms with Gasteiger partial charge < -0.3 is 20.9 Å². The van der Waals surface area contributed by atoms with E-state index >= 15 is 0 Å². The molecule has 0 aromatic carbocycles. The molecule has 6 nitrogen and oxygen atoms in total. The predicted octanol–water partition coefficient (Wildman–Crippen LogP) is 2.95. The molecule has 3 saturated heterocycles. The van der Waals surface area contributed by atoms with Crippen molar-refractivity contribution >= 4 is 24.3 Å². The molecular formula is C21H37ClN4O2. The summed E-state index contributed by atoms with van der Waals surface area (Å²) in [6, 6.07) is 1.84. The number of rotatable bonds is 4. The first kappa shape index (κ1) is 21.7. The first-order valence-electron chi connectivity index (χ1n) is 11.3. The van der Waals surface area contributed by atoms with Gasteiger partial charge in [0.25, 0.3) is 0 Å². The fourth-order valence-electron chi connectivity index (χ4n) is 5.65. The Morgan fingerprint density at radius 2 is 1.39 bits per heavy atom. The second kappa shape index (κ2) is 10.1. The molecule has 7 heteroatoms. The highest BCUT2D eigenvalue weighted by molar-refractivity contribution is 5.85. The van der Waals surface area contributed by atoms with E-state index < -0.39 is 0 Å². The second-order valence-electron chi connectivity index (χ2n) is 9.29. The summed E-state index contributed by atoms with van der Waals surface area (Å²) in [5.41, 5.74) is 0. The Morgan fingerprint density at radius 1 is 0.821 bits per heavy atom. The summed E-state index contributed by atoms with van der Waals surface area (Å²) in [5, 5.41) is 9.92. The second-order valence-corrected chi connectivity index (χ2v) is 9.29. The first-order valence-corrected chi connectivity index (χ1v) is 11.3. The van der Waals surface area contributed by atoms with E-state index in [1.165, 1.54) is 44.9 Å². The number of carbonyl (C=O) groups is 2. The molecule has 160 valence electrons. The zero-order valence-corrected chi connectivity index (χ0v) is 17.8. The Morgan fingerprint density at radius 3 is 2.00 bits per heavy atom. The molecule has 4 rings (SSSR count). The molecule has 3 heterocycles. The van der Waals surface area contributed by atoms with Crippen molar-refractivity contribution in [3.8, 4) is 0 Å². The van der Waals surface area contributed by atoms with Crippen molar-refractivity contribution in [3.63, 3.8) is 0 Å². The van der Waals surface area contributed by atoms with E-state index in [9.17, 15) is 9.59 Å². The molecule has 0 aromatic heterocycles. The topological polar surface area (TPSA) is 73.5 Å². The Labute approximate surface area is 175 Å². The summed E-state index contributed by atoms with van der Waals surface area (Å²) in [7, 11) is 0. The number of fused-ring (bicyclic) bond motifs is 2. The standard InChI is InChI=1S/C21H36N4O2.ClH/c26-20(14-15-12-18-6-7-19(13-15)22-18)25-10-8-17(9-11-25)24-21(27)23-16-4-2-1-3-5-16;/h15-19,22H,1-14H2,(H2,23,24,27);1H. The number of urea groups is 1. The lowest BCUT2D eigenvalue weighted by Crippen LogP contribution is -2.51. The van der Waals surface area contributed by atoms with Gasteiger partial charge in [0.05, 0.1) is 0 Å². The average Bonchev–Trinajstić information content (AvgIpc) is 3.01. The Balaban J connectivity index is 0.00000225. The highest BCUT2D eigenvalue weighted by atomic mass is 35.5. The normalized spacial score (nSPS) is 31.1. The van der Waals surface area contributed by atoms with Gasteiger partial charge in [0.15, 0.2) is 0 Å². The van der Waals surface area contributed by atoms with Gasteiger partial charge in [0, 0.05) is 43.7 Å². The van der Waals surface area contributed by atoms with Crippen molar-refractivity contribution in [3.05, 3.63) is 0 Å². The van der Waals surface area contributed by atoms with E-state index in [-0.39, 0.29) is 24.5 Å². The number of hydrogen-bond acceptors (Lipinski definition) is 3. The van der Waals surface area contributed by atoms with Crippen LogP contribution in [0, 0.1) is 5.92 Å². The van der Waals surface area contributed by atoms with Crippen molar-refractivity contribution in [1.82, 2.24) is 20.9 Å². The summed E-state index contributed by atoms with van der Waals surface area (Å²) >= 11 is 0. The molecule has 2 bridgehead atoms. The first-order chi connectivity index (χ1) is 13.2. The van der Waals surface area contributed by atoms with Crippen molar-refractivity contribution < 1.29 is 9.59 Å². The summed E-state index contributed by atoms with van der Waals surface area (Å²) in [4.78, 5) is 26.9. The highest BCUT2D eigenvalue weighted by Gasteiger charge is 2.35. The van der Waals surface area contributed by atoms with Crippen LogP contribution in [0.15, 0.2) is 0 Å². The van der Waals surface area contributed by atoms with E-state index in [0.29, 0.717) is 30.0 Å². The summed E-state index contributed by atoms with van der Waals surface area (Å²) in [6.45, 7) is 1.57. The fourth-order valence-corrected chi connectivity index (χ4v) is 5.65. The number of nitrogens with one attached hydrogen (secondary N) is 3. The van der Waals surface area contributed by atoms with Gasteiger partial charge in [-0.3, -0.25) is 4.79 Å². The van der Waals surface area contributed by atoms with Crippen molar-refractivity contribution in [2.24, 2.45) is 5.92 Å². The quantitative estimate of drug-likeness (QED) is 0.664. The van der Waals surface area contributed by atoms with Gasteiger partial charge >= 0.3 is 6.03 Å². The van der Waals surface area contributed by atoms with Gasteiger partial charge in [-0.05, 0) is 57.3 Å². The lowest BCUT2D eigenvalue weighted by molar-refractivity contribution is -0.133. The molecule has 2 atom stereocenters. The summed E-state index contributed by atoms with van der Waals surface area (Å²) < 4.78 is 0. The molecule has 1 aliphatic carbocycles. The Hall–Kier alpha value is -1.01. The molecule has 0 spiro atoms. The van der Waals surface area contributed by atoms with Gasteiger partial charge in [-0.15, -0.1) is 12.4 Å². The van der Waals surface area contributed by atoms with E-state index in [1.54, 1.807) is 0 Å². The number of amides is 3. The zero-order valence-electron chi connectivity index (χ0n) is 17.0. The van der Waals surface area contributed by atoms with Crippen LogP contribution in [0.3, 0.4) is 0 Å². The van der Waals surface area contributed by atoms with Crippen LogP contribution >= 0.6 is 12.4 Å². The molecule has 0 aromatic rings. The molecule has 0 radical (unpaired) electrons. The minimum absolute atomic E-state index is 0. The van der Waals surface area contributed by atoms with E-state index in [0.717, 1.165) is 45.2 Å². The molecule has 1 saturated carbocycles. The van der Waals surface area contributed by atoms with Crippen molar-refractivity contribution in [2.45, 2.75) is 101 Å². The maximum atomic E-state index is 12.7. The Bertz CT molecular complexity index is 520. The molecule has 2 unspecified atom stereocenters. The maximum absolute atomic E-state index is 12.7. The molecular weight excluding hydrogens is 376 g/mol. The average molecular weight is 413 g/mol. The molecule has 28 heavy (non-hydrogen) atoms. The SMILES string of the molecule is Cl.O=C(NC1CCCCC1)NC1CCN(C(=O)CC2CC3CCC(C2)N3)CC1. The smallest absolute Gasteiger partial charge is 0.315 e. The fraction of sp³-hybridized carbons (Fsp3) is 0.905. The van der Waals surface area contributed by atoms with Crippen LogP contribution in [0.1, 0.15) is 77.0 Å². The van der Waals surface area contributed by atoms with Crippen LogP contribution in [0.2, 0.25) is 0 Å². The number of piperidine rings is 2. The van der Waals surface area contributed by atoms with E-state index in [1.807, 2.05) is 4.90 Å². The Kier molecular flexibility index (Phi) is 7.86. The van der Waals surface area contributed by atoms with Crippen LogP contribution in [0.25, 0.3) is 0 Å². The largest absolute Gasteiger partial charge is 0.343 e. The van der Waals surface area contributed by atoms with Crippen LogP contribution in [-0.4, -0.2) is 54.1 Å². The van der Waals surface area contributed by atoms with Gasteiger partial charge in [0.1, 0.15) is 0 Å². The molecule has 4 fully saturated rings. The predicted molar refractivity (Wildman–Crippen MR) is 113 cm³/mol. The summed E-state index contributed by atoms with van der Waals surface area (Å²) in [5.74, 6) is 0.889. The minimum Gasteiger partial charge on any atom is -0.343 e. The van der Waals surface area contributed by atoms with Crippen LogP contribution in [0.5, 0.6) is 0 Å². The van der Waals surface area contributed by atoms with E-state index in [4.69, 9.17) is 0 Å². The molecule has 4 aliphatic rings. The number of likely N-dealkylation sites (tertiary alicyclic amines) is 1. The van der Waals surface area contributed by atoms with Gasteiger partial charge in [0.2, 0.25) is 5.91 Å². The monoisotopic (exact) mass is 412 g/mol. The lowest BCUT2D eigenvalue weighted by Gasteiger charge is -2.35. The third-order valence-corrected chi connectivity index (χ3v) is 7.16. The maximum Gasteiger partial charge on any atom is 0.315 e. The van der Waals surface area contributed by atoms with Gasteiger partial charge in [-0.25, -0.2) is 4.79 Å². The van der Waals surface area contributed by atoms with Gasteiger partial charge in [-0.2, -0.15) is 0 Å². The number of nitrogens with zero attached hydrogens (tertiary/aromatic N) is 1.